The zero-order chi connectivity index (χ0) is 33.6. The van der Waals surface area contributed by atoms with Crippen molar-refractivity contribution < 1.29 is 151 Å². The second-order valence-electron chi connectivity index (χ2n) is 9.65. The summed E-state index contributed by atoms with van der Waals surface area (Å²) < 4.78 is 58.1. The maximum absolute atomic E-state index is 11.5. The minimum atomic E-state index is -7.17. The van der Waals surface area contributed by atoms with Crippen molar-refractivity contribution in [2.45, 2.75) is 73.2 Å². The van der Waals surface area contributed by atoms with E-state index in [-0.39, 0.29) is 133 Å². The van der Waals surface area contributed by atoms with Crippen LogP contribution in [0.1, 0.15) is 0 Å². The van der Waals surface area contributed by atoms with Gasteiger partial charge in [0.25, 0.3) is 0 Å². The Hall–Kier alpha value is 1.78. The van der Waals surface area contributed by atoms with Gasteiger partial charge in [0, 0.05) is 0 Å². The van der Waals surface area contributed by atoms with Crippen molar-refractivity contribution in [1.29, 1.82) is 0 Å². The fraction of sp³-hybridized carbons (Fsp3) is 0.833. The van der Waals surface area contributed by atoms with Crippen LogP contribution < -0.4 is 0 Å². The number of hydrogen-bond acceptors (Lipinski definition) is 21. The third kappa shape index (κ3) is 16.8. The molecule has 4 aliphatic rings. The number of carboxylic acid groups (broad SMARTS) is 3. The summed E-state index contributed by atoms with van der Waals surface area (Å²) in [4.78, 5) is 33.1. The number of carbonyl (C=O) groups is 3. The van der Waals surface area contributed by atoms with E-state index in [4.69, 9.17) is 50.0 Å². The SMILES string of the molecule is O.O.O.O.O.O.O.O.O.O=C(O)C(O)C(O)C(O)C(O)CO.O=C(O)[C@@H]1[O][Sb]2([OH])([O][Sb]34([OH])[O][C@@H]([C@@H](C(O)CO)[O]3)[C@H](C(=O)O)[O]4)[O][C@H]1[C@@H](C(O)CO)[O]2.[NaH].[NaH].[SbH3]. The normalized spacial score (nSPS) is 29.7. The summed E-state index contributed by atoms with van der Waals surface area (Å²) in [6, 6.07) is 0. The summed E-state index contributed by atoms with van der Waals surface area (Å²) in [6.45, 7) is -2.72. The Morgan fingerprint density at radius 1 is 0.536 bits per heavy atom. The van der Waals surface area contributed by atoms with Crippen LogP contribution in [0.2, 0.25) is 0 Å². The summed E-state index contributed by atoms with van der Waals surface area (Å²) in [5, 5.41) is 109. The molecule has 0 radical (unpaired) electrons. The molecule has 56 heavy (non-hydrogen) atoms. The fourth-order valence-corrected chi connectivity index (χ4v) is 31.1. The Morgan fingerprint density at radius 3 is 1.07 bits per heavy atom. The Morgan fingerprint density at radius 2 is 0.839 bits per heavy atom. The molecule has 4 bridgehead atoms. The van der Waals surface area contributed by atoms with Gasteiger partial charge >= 0.3 is 269 Å². The maximum atomic E-state index is 11.5. The van der Waals surface area contributed by atoms with Crippen LogP contribution in [0.5, 0.6) is 0 Å². The molecule has 4 heterocycles. The van der Waals surface area contributed by atoms with E-state index < -0.39 is 150 Å². The molecule has 4 aliphatic heterocycles. The first-order valence-electron chi connectivity index (χ1n) is 12.1. The van der Waals surface area contributed by atoms with E-state index in [1.807, 2.05) is 0 Å². The number of aliphatic hydroxyl groups is 9. The number of fused-ring (bicyclic) bond motifs is 4. The van der Waals surface area contributed by atoms with Gasteiger partial charge in [-0.05, 0) is 0 Å². The second-order valence-corrected chi connectivity index (χ2v) is 25.7. The second kappa shape index (κ2) is 30.0. The van der Waals surface area contributed by atoms with Crippen LogP contribution in [0.25, 0.3) is 0 Å². The Balaban J connectivity index is -0.0000000942. The van der Waals surface area contributed by atoms with Crippen LogP contribution in [-0.4, -0.2) is 351 Å². The van der Waals surface area contributed by atoms with Crippen molar-refractivity contribution in [3.05, 3.63) is 0 Å². The first kappa shape index (κ1) is 81.6. The zero-order valence-electron chi connectivity index (χ0n) is 27.0. The standard InChI is InChI=1S/C6H12O7.2C6H9O7.2Na.11H2O.O.3Sb.5H/c3*7-1-2(8)3(9)4(10)5(11)6(12)13;;;;;;;;;;;;;;;;;;;;;;/h2-5,7-11H,1H2,(H,12,13);2*2-5,7-8H,1H2,(H,12,13);;;11*1H2;;;;;;;;;/q;2*-3;;;;;;;;;;;;;;;;2*+4;;;;;/p-2/t;2*2?,3-,4+,5-;;;;;;;;;;;;;;;;;;;;;;/m.11....................../s1. The van der Waals surface area contributed by atoms with Crippen LogP contribution in [-0.2, 0) is 33.8 Å². The van der Waals surface area contributed by atoms with E-state index in [0.29, 0.717) is 0 Å². The molecule has 0 aromatic heterocycles. The molecule has 6 unspecified atom stereocenters. The van der Waals surface area contributed by atoms with E-state index in [2.05, 4.69) is 0 Å². The van der Waals surface area contributed by atoms with Crippen LogP contribution in [0.4, 0.5) is 0 Å². The van der Waals surface area contributed by atoms with Crippen LogP contribution in [0.15, 0.2) is 0 Å². The summed E-state index contributed by atoms with van der Waals surface area (Å²) in [6.07, 6.45) is -22.0. The first-order chi connectivity index (χ1) is 20.1. The van der Waals surface area contributed by atoms with Crippen LogP contribution in [0, 0.1) is 0 Å². The molecule has 4 fully saturated rings. The summed E-state index contributed by atoms with van der Waals surface area (Å²) in [5.74, 6) is -5.08. The molecule has 0 spiro atoms. The average Bonchev–Trinajstić information content (AvgIpc) is 3.65. The van der Waals surface area contributed by atoms with E-state index >= 15 is 0 Å². The van der Waals surface area contributed by atoms with Crippen molar-refractivity contribution in [3.8, 4) is 0 Å². The minimum absolute atomic E-state index is 0. The molecule has 0 amide bonds. The van der Waals surface area contributed by atoms with Gasteiger partial charge in [-0.3, -0.25) is 0 Å². The molecule has 0 saturated carbocycles. The van der Waals surface area contributed by atoms with E-state index in [1.54, 1.807) is 0 Å². The van der Waals surface area contributed by atoms with Crippen molar-refractivity contribution in [2.75, 3.05) is 19.8 Å². The fourth-order valence-electron chi connectivity index (χ4n) is 4.33. The van der Waals surface area contributed by atoms with Gasteiger partial charge < -0.3 is 79.9 Å². The van der Waals surface area contributed by atoms with E-state index in [9.17, 15) is 51.8 Å². The molecule has 0 aliphatic carbocycles. The summed E-state index contributed by atoms with van der Waals surface area (Å²) in [5.41, 5.74) is 0. The van der Waals surface area contributed by atoms with Crippen molar-refractivity contribution in [2.24, 2.45) is 0 Å². The molecule has 0 aromatic carbocycles. The molecular formula is C18H55Na2O33Sb3. The molecule has 4 rings (SSSR count). The molecular weight excluding hydrogens is 1160 g/mol. The number of aliphatic carboxylic acids is 3. The van der Waals surface area contributed by atoms with Crippen LogP contribution >= 0.6 is 0 Å². The Bertz CT molecular complexity index is 1070. The van der Waals surface area contributed by atoms with Gasteiger partial charge in [0.2, 0.25) is 0 Å². The summed E-state index contributed by atoms with van der Waals surface area (Å²) in [7, 11) is 0. The van der Waals surface area contributed by atoms with Crippen molar-refractivity contribution in [1.82, 2.24) is 0 Å². The number of hydrogen-bond donors (Lipinski definition) is 14. The Kier molecular flexibility index (Phi) is 43.7. The first-order valence-corrected chi connectivity index (χ1v) is 22.8. The van der Waals surface area contributed by atoms with Crippen LogP contribution in [0.3, 0.4) is 0 Å². The van der Waals surface area contributed by atoms with Gasteiger partial charge in [-0.25, -0.2) is 4.79 Å². The van der Waals surface area contributed by atoms with E-state index in [0.717, 1.165) is 0 Å². The quantitative estimate of drug-likeness (QED) is 0.0762. The van der Waals surface area contributed by atoms with Gasteiger partial charge in [0.05, 0.1) is 6.61 Å². The molecule has 32 N–H and O–H groups in total. The average molecular weight is 1210 g/mol. The third-order valence-corrected chi connectivity index (χ3v) is 28.5. The zero-order valence-corrected chi connectivity index (χ0v) is 36.1. The van der Waals surface area contributed by atoms with Gasteiger partial charge in [-0.2, -0.15) is 0 Å². The predicted molar refractivity (Wildman–Crippen MR) is 183 cm³/mol. The van der Waals surface area contributed by atoms with Gasteiger partial charge in [0.15, 0.2) is 6.10 Å². The van der Waals surface area contributed by atoms with E-state index in [1.165, 1.54) is 0 Å². The molecule has 4 saturated heterocycles. The Labute approximate surface area is 380 Å². The molecule has 33 nitrogen and oxygen atoms in total. The van der Waals surface area contributed by atoms with Gasteiger partial charge in [-0.15, -0.1) is 0 Å². The third-order valence-electron chi connectivity index (χ3n) is 6.42. The molecule has 38 heteroatoms. The summed E-state index contributed by atoms with van der Waals surface area (Å²) >= 11 is -14.3. The predicted octanol–water partition coefficient (Wildman–Crippen LogP) is -19.4. The topological polar surface area (TPSA) is 683 Å². The number of rotatable bonds is 13. The molecule has 12 atom stereocenters. The molecule has 0 aromatic rings. The van der Waals surface area contributed by atoms with Crippen molar-refractivity contribution >= 4 is 140 Å². The number of carboxylic acids is 3. The van der Waals surface area contributed by atoms with Gasteiger partial charge in [0.1, 0.15) is 18.3 Å². The molecule has 342 valence electrons. The van der Waals surface area contributed by atoms with Gasteiger partial charge in [-0.1, -0.05) is 0 Å². The van der Waals surface area contributed by atoms with Crippen molar-refractivity contribution in [3.63, 3.8) is 0 Å². The monoisotopic (exact) mass is 1210 g/mol. The number of aliphatic hydroxyl groups excluding tert-OH is 9.